The number of benzene rings is 3. The molecule has 30 heavy (non-hydrogen) atoms. The lowest BCUT2D eigenvalue weighted by Gasteiger charge is -2.38. The summed E-state index contributed by atoms with van der Waals surface area (Å²) in [6, 6.07) is 23.1. The fraction of sp³-hybridized carbons (Fsp3) is 0.208. The predicted molar refractivity (Wildman–Crippen MR) is 114 cm³/mol. The zero-order chi connectivity index (χ0) is 20.7. The standard InChI is InChI=1S/C24H21N3O3/c1-2-16-10-12-17(13-11-16)21-15-22-20-8-3-4-9-23(20)30-24(26(22)25-21)18-6-5-7-19(14-18)27(28)29/h3-14,22,24H,2,15H2,1H3/t22-,24-/m0/s1. The van der Waals surface area contributed by atoms with Gasteiger partial charge in [-0.15, -0.1) is 0 Å². The van der Waals surface area contributed by atoms with Crippen LogP contribution in [0.3, 0.4) is 0 Å². The Hall–Kier alpha value is -3.67. The summed E-state index contributed by atoms with van der Waals surface area (Å²) in [6.45, 7) is 2.14. The van der Waals surface area contributed by atoms with Crippen LogP contribution in [0.5, 0.6) is 5.75 Å². The minimum Gasteiger partial charge on any atom is -0.464 e. The van der Waals surface area contributed by atoms with Gasteiger partial charge in [0.2, 0.25) is 6.23 Å². The van der Waals surface area contributed by atoms with Crippen LogP contribution in [-0.2, 0) is 6.42 Å². The van der Waals surface area contributed by atoms with Gasteiger partial charge < -0.3 is 4.74 Å². The third kappa shape index (κ3) is 3.10. The van der Waals surface area contributed by atoms with E-state index in [1.807, 2.05) is 29.3 Å². The number of nitrogens with zero attached hydrogens (tertiary/aromatic N) is 3. The molecule has 2 aliphatic rings. The maximum absolute atomic E-state index is 11.3. The van der Waals surface area contributed by atoms with Crippen molar-refractivity contribution in [2.75, 3.05) is 0 Å². The first-order valence-electron chi connectivity index (χ1n) is 10.1. The molecule has 0 saturated carbocycles. The van der Waals surface area contributed by atoms with E-state index < -0.39 is 6.23 Å². The molecule has 2 aliphatic heterocycles. The van der Waals surface area contributed by atoms with E-state index in [4.69, 9.17) is 9.84 Å². The zero-order valence-corrected chi connectivity index (χ0v) is 16.6. The van der Waals surface area contributed by atoms with Gasteiger partial charge in [-0.1, -0.05) is 61.5 Å². The minimum atomic E-state index is -0.516. The van der Waals surface area contributed by atoms with Gasteiger partial charge in [-0.2, -0.15) is 5.10 Å². The molecule has 6 heteroatoms. The minimum absolute atomic E-state index is 0.0278. The van der Waals surface area contributed by atoms with Crippen molar-refractivity contribution in [2.45, 2.75) is 32.0 Å². The van der Waals surface area contributed by atoms with E-state index in [9.17, 15) is 10.1 Å². The Labute approximate surface area is 174 Å². The molecular formula is C24H21N3O3. The summed E-state index contributed by atoms with van der Waals surface area (Å²) in [5, 5.41) is 18.1. The van der Waals surface area contributed by atoms with Crippen LogP contribution in [0.2, 0.25) is 0 Å². The van der Waals surface area contributed by atoms with E-state index in [0.717, 1.165) is 41.0 Å². The Morgan fingerprint density at radius 3 is 2.67 bits per heavy atom. The highest BCUT2D eigenvalue weighted by atomic mass is 16.6. The number of fused-ring (bicyclic) bond motifs is 3. The number of rotatable bonds is 4. The van der Waals surface area contributed by atoms with Crippen molar-refractivity contribution in [2.24, 2.45) is 5.10 Å². The van der Waals surface area contributed by atoms with Gasteiger partial charge in [-0.25, -0.2) is 5.01 Å². The highest BCUT2D eigenvalue weighted by Crippen LogP contribution is 2.47. The maximum atomic E-state index is 11.3. The van der Waals surface area contributed by atoms with Gasteiger partial charge in [0.25, 0.3) is 5.69 Å². The van der Waals surface area contributed by atoms with E-state index in [1.165, 1.54) is 11.6 Å². The molecule has 150 valence electrons. The molecule has 0 radical (unpaired) electrons. The first-order chi connectivity index (χ1) is 14.6. The lowest BCUT2D eigenvalue weighted by molar-refractivity contribution is -0.385. The Kier molecular flexibility index (Phi) is 4.47. The molecule has 0 N–H and O–H groups in total. The van der Waals surface area contributed by atoms with Crippen LogP contribution < -0.4 is 4.74 Å². The SMILES string of the molecule is CCc1ccc(C2=NN3[C@@H](C2)c2ccccc2O[C@H]3c2cccc([N+](=O)[O-])c2)cc1. The number of ether oxygens (including phenoxy) is 1. The largest absolute Gasteiger partial charge is 0.464 e. The number of aryl methyl sites for hydroxylation is 1. The van der Waals surface area contributed by atoms with E-state index in [-0.39, 0.29) is 16.7 Å². The summed E-state index contributed by atoms with van der Waals surface area (Å²) in [5.74, 6) is 0.799. The molecule has 3 aromatic rings. The van der Waals surface area contributed by atoms with Gasteiger partial charge in [0, 0.05) is 29.7 Å². The van der Waals surface area contributed by atoms with Crippen molar-refractivity contribution < 1.29 is 9.66 Å². The molecular weight excluding hydrogens is 378 g/mol. The summed E-state index contributed by atoms with van der Waals surface area (Å²) in [5.41, 5.74) is 5.23. The van der Waals surface area contributed by atoms with Crippen molar-refractivity contribution in [3.63, 3.8) is 0 Å². The maximum Gasteiger partial charge on any atom is 0.269 e. The Bertz CT molecular complexity index is 1140. The Morgan fingerprint density at radius 2 is 1.90 bits per heavy atom. The third-order valence-electron chi connectivity index (χ3n) is 5.76. The third-order valence-corrected chi connectivity index (χ3v) is 5.76. The van der Waals surface area contributed by atoms with Crippen molar-refractivity contribution in [1.82, 2.24) is 5.01 Å². The second-order valence-corrected chi connectivity index (χ2v) is 7.56. The van der Waals surface area contributed by atoms with Crippen molar-refractivity contribution in [1.29, 1.82) is 0 Å². The van der Waals surface area contributed by atoms with Gasteiger partial charge in [0.1, 0.15) is 5.75 Å². The van der Waals surface area contributed by atoms with E-state index >= 15 is 0 Å². The van der Waals surface area contributed by atoms with E-state index in [2.05, 4.69) is 37.3 Å². The molecule has 2 heterocycles. The first-order valence-corrected chi connectivity index (χ1v) is 10.1. The fourth-order valence-corrected chi connectivity index (χ4v) is 4.15. The molecule has 2 atom stereocenters. The molecule has 0 amide bonds. The summed E-state index contributed by atoms with van der Waals surface area (Å²) in [6.07, 6.45) is 1.24. The number of hydrogen-bond donors (Lipinski definition) is 0. The lowest BCUT2D eigenvalue weighted by Crippen LogP contribution is -2.33. The van der Waals surface area contributed by atoms with Gasteiger partial charge in [-0.3, -0.25) is 10.1 Å². The molecule has 0 aliphatic carbocycles. The van der Waals surface area contributed by atoms with Crippen molar-refractivity contribution in [3.05, 3.63) is 105 Å². The average Bonchev–Trinajstić information content (AvgIpc) is 3.24. The van der Waals surface area contributed by atoms with Crippen molar-refractivity contribution in [3.8, 4) is 5.75 Å². The molecule has 3 aromatic carbocycles. The molecule has 5 rings (SSSR count). The topological polar surface area (TPSA) is 68.0 Å². The molecule has 0 saturated heterocycles. The van der Waals surface area contributed by atoms with Gasteiger partial charge in [-0.05, 0) is 23.6 Å². The van der Waals surface area contributed by atoms with Crippen LogP contribution in [0.25, 0.3) is 0 Å². The summed E-state index contributed by atoms with van der Waals surface area (Å²) >= 11 is 0. The predicted octanol–water partition coefficient (Wildman–Crippen LogP) is 5.40. The number of hydrazone groups is 1. The number of non-ortho nitro benzene ring substituents is 1. The van der Waals surface area contributed by atoms with Crippen molar-refractivity contribution >= 4 is 11.4 Å². The smallest absolute Gasteiger partial charge is 0.269 e. The second-order valence-electron chi connectivity index (χ2n) is 7.56. The quantitative estimate of drug-likeness (QED) is 0.435. The summed E-state index contributed by atoms with van der Waals surface area (Å²) < 4.78 is 6.28. The highest BCUT2D eigenvalue weighted by Gasteiger charge is 2.41. The molecule has 0 fully saturated rings. The van der Waals surface area contributed by atoms with Crippen LogP contribution in [0.4, 0.5) is 5.69 Å². The van der Waals surface area contributed by atoms with Crippen LogP contribution in [0, 0.1) is 10.1 Å². The number of nitro groups is 1. The molecule has 6 nitrogen and oxygen atoms in total. The van der Waals surface area contributed by atoms with Gasteiger partial charge >= 0.3 is 0 Å². The number of hydrogen-bond acceptors (Lipinski definition) is 5. The fourth-order valence-electron chi connectivity index (χ4n) is 4.15. The molecule has 0 bridgehead atoms. The van der Waals surface area contributed by atoms with E-state index in [0.29, 0.717) is 0 Å². The van der Waals surface area contributed by atoms with E-state index in [1.54, 1.807) is 12.1 Å². The number of para-hydroxylation sites is 1. The highest BCUT2D eigenvalue weighted by molar-refractivity contribution is 6.02. The van der Waals surface area contributed by atoms with Crippen LogP contribution in [-0.4, -0.2) is 15.6 Å². The molecule has 0 aromatic heterocycles. The van der Waals surface area contributed by atoms with Gasteiger partial charge in [0.15, 0.2) is 0 Å². The Balaban J connectivity index is 1.57. The number of nitro benzene ring substituents is 1. The summed E-state index contributed by atoms with van der Waals surface area (Å²) in [7, 11) is 0. The van der Waals surface area contributed by atoms with Gasteiger partial charge in [0.05, 0.1) is 16.7 Å². The monoisotopic (exact) mass is 399 g/mol. The van der Waals surface area contributed by atoms with Crippen LogP contribution >= 0.6 is 0 Å². The molecule has 0 spiro atoms. The summed E-state index contributed by atoms with van der Waals surface area (Å²) in [4.78, 5) is 10.9. The first kappa shape index (κ1) is 18.4. The van der Waals surface area contributed by atoms with Crippen LogP contribution in [0.15, 0.2) is 77.9 Å². The Morgan fingerprint density at radius 1 is 1.10 bits per heavy atom. The molecule has 0 unspecified atom stereocenters. The normalized spacial score (nSPS) is 19.5. The second kappa shape index (κ2) is 7.30. The zero-order valence-electron chi connectivity index (χ0n) is 16.6. The van der Waals surface area contributed by atoms with Crippen LogP contribution in [0.1, 0.15) is 47.9 Å². The lowest BCUT2D eigenvalue weighted by atomic mass is 9.95. The average molecular weight is 399 g/mol.